The summed E-state index contributed by atoms with van der Waals surface area (Å²) in [5, 5.41) is 0. The van der Waals surface area contributed by atoms with Crippen molar-refractivity contribution < 1.29 is 49.0 Å². The van der Waals surface area contributed by atoms with Crippen LogP contribution in [0.15, 0.2) is 0 Å². The Labute approximate surface area is 109 Å². The van der Waals surface area contributed by atoms with Crippen molar-refractivity contribution in [3.8, 4) is 0 Å². The molecule has 0 aromatic carbocycles. The van der Waals surface area contributed by atoms with E-state index in [4.69, 9.17) is 24.8 Å². The Morgan fingerprint density at radius 2 is 1.70 bits per heavy atom. The predicted molar refractivity (Wildman–Crippen MR) is 42.9 cm³/mol. The van der Waals surface area contributed by atoms with Gasteiger partial charge in [-0.1, -0.05) is 4.32 Å². The van der Waals surface area contributed by atoms with Gasteiger partial charge in [-0.25, -0.2) is 0 Å². The molecule has 0 aliphatic rings. The zero-order valence-electron chi connectivity index (χ0n) is 6.89. The van der Waals surface area contributed by atoms with E-state index in [2.05, 4.69) is 0 Å². The zero-order valence-corrected chi connectivity index (χ0v) is 13.5. The summed E-state index contributed by atoms with van der Waals surface area (Å²) in [5.41, 5.74) is 0. The van der Waals surface area contributed by atoms with Gasteiger partial charge in [0.05, 0.1) is 0 Å². The third kappa shape index (κ3) is 7.84. The van der Waals surface area contributed by atoms with Crippen LogP contribution in [0.5, 0.6) is 0 Å². The van der Waals surface area contributed by atoms with Crippen LogP contribution in [0.2, 0.25) is 0 Å². The van der Waals surface area contributed by atoms with E-state index in [1.807, 2.05) is 18.7 Å². The van der Waals surface area contributed by atoms with Crippen molar-refractivity contribution in [2.75, 3.05) is 13.1 Å². The SMILES string of the molecule is CCN(CC)C(=S)[S-].[Na+].[Zn]. The Balaban J connectivity index is -0.000000245. The van der Waals surface area contributed by atoms with Crippen molar-refractivity contribution in [2.45, 2.75) is 13.8 Å². The van der Waals surface area contributed by atoms with Crippen molar-refractivity contribution in [1.82, 2.24) is 4.90 Å². The minimum atomic E-state index is 0. The Morgan fingerprint density at radius 1 is 1.40 bits per heavy atom. The fourth-order valence-electron chi connectivity index (χ4n) is 0.482. The van der Waals surface area contributed by atoms with E-state index < -0.39 is 0 Å². The van der Waals surface area contributed by atoms with Crippen LogP contribution < -0.4 is 29.6 Å². The van der Waals surface area contributed by atoms with Gasteiger partial charge in [-0.2, -0.15) is 0 Å². The maximum atomic E-state index is 4.76. The van der Waals surface area contributed by atoms with E-state index in [-0.39, 0.29) is 49.0 Å². The molecule has 0 aliphatic carbocycles. The fourth-order valence-corrected chi connectivity index (χ4v) is 0.998. The summed E-state index contributed by atoms with van der Waals surface area (Å²) in [5.74, 6) is 0. The number of hydrogen-bond acceptors (Lipinski definition) is 2. The average Bonchev–Trinajstić information content (AvgIpc) is 1.69. The maximum Gasteiger partial charge on any atom is 1.00 e. The molecule has 0 aromatic rings. The predicted octanol–water partition coefficient (Wildman–Crippen LogP) is -1.84. The standard InChI is InChI=1S/C5H11NS2.Na.Zn/c1-3-6(4-2)5(7)8;;/h3-4H2,1-2H3,(H,7,8);;/q;+1;/p-1. The maximum absolute atomic E-state index is 4.76. The molecule has 0 fully saturated rings. The molecule has 0 heterocycles. The van der Waals surface area contributed by atoms with Gasteiger partial charge in [0.1, 0.15) is 0 Å². The van der Waals surface area contributed by atoms with E-state index in [9.17, 15) is 0 Å². The van der Waals surface area contributed by atoms with E-state index in [1.54, 1.807) is 0 Å². The Kier molecular flexibility index (Phi) is 19.0. The van der Waals surface area contributed by atoms with E-state index in [0.29, 0.717) is 4.32 Å². The van der Waals surface area contributed by atoms with Crippen molar-refractivity contribution in [3.63, 3.8) is 0 Å². The average molecular weight is 237 g/mol. The van der Waals surface area contributed by atoms with Crippen LogP contribution in [0.3, 0.4) is 0 Å². The summed E-state index contributed by atoms with van der Waals surface area (Å²) in [6, 6.07) is 0. The molecule has 0 atom stereocenters. The smallest absolute Gasteiger partial charge is 0.411 e. The summed E-state index contributed by atoms with van der Waals surface area (Å²) < 4.78 is 0.579. The van der Waals surface area contributed by atoms with Crippen LogP contribution in [0.1, 0.15) is 13.8 Å². The summed E-state index contributed by atoms with van der Waals surface area (Å²) in [7, 11) is 0. The van der Waals surface area contributed by atoms with Crippen LogP contribution >= 0.6 is 12.2 Å². The van der Waals surface area contributed by atoms with E-state index >= 15 is 0 Å². The molecule has 0 N–H and O–H groups in total. The molecule has 0 aliphatic heterocycles. The first-order valence-corrected chi connectivity index (χ1v) is 3.50. The number of nitrogens with zero attached hydrogens (tertiary/aromatic N) is 1. The molecule has 0 radical (unpaired) electrons. The molecular formula is C5H10NNaS2Zn. The molecule has 5 heteroatoms. The Hall–Kier alpha value is 1.73. The zero-order chi connectivity index (χ0) is 6.57. The van der Waals surface area contributed by atoms with Crippen LogP contribution in [0, 0.1) is 0 Å². The van der Waals surface area contributed by atoms with Crippen molar-refractivity contribution in [2.24, 2.45) is 0 Å². The molecule has 0 amide bonds. The minimum Gasteiger partial charge on any atom is -0.411 e. The van der Waals surface area contributed by atoms with Crippen LogP contribution in [-0.4, -0.2) is 22.3 Å². The number of rotatable bonds is 2. The second kappa shape index (κ2) is 10.7. The largest absolute Gasteiger partial charge is 1.00 e. The molecule has 0 saturated heterocycles. The minimum absolute atomic E-state index is 0. The van der Waals surface area contributed by atoms with Gasteiger partial charge in [-0.3, -0.25) is 0 Å². The molecule has 0 unspecified atom stereocenters. The van der Waals surface area contributed by atoms with Gasteiger partial charge >= 0.3 is 29.6 Å². The fraction of sp³-hybridized carbons (Fsp3) is 0.800. The molecule has 0 saturated carbocycles. The molecule has 0 aromatic heterocycles. The van der Waals surface area contributed by atoms with Crippen LogP contribution in [-0.2, 0) is 32.1 Å². The summed E-state index contributed by atoms with van der Waals surface area (Å²) in [6.07, 6.45) is 0. The topological polar surface area (TPSA) is 3.24 Å². The van der Waals surface area contributed by atoms with Crippen LogP contribution in [0.25, 0.3) is 0 Å². The molecule has 0 rings (SSSR count). The van der Waals surface area contributed by atoms with Gasteiger partial charge in [-0.15, -0.1) is 0 Å². The first-order valence-electron chi connectivity index (χ1n) is 2.68. The van der Waals surface area contributed by atoms with E-state index in [0.717, 1.165) is 13.1 Å². The van der Waals surface area contributed by atoms with Crippen molar-refractivity contribution in [3.05, 3.63) is 0 Å². The second-order valence-corrected chi connectivity index (χ2v) is 2.47. The third-order valence-electron chi connectivity index (χ3n) is 1.02. The summed E-state index contributed by atoms with van der Waals surface area (Å²) in [6.45, 7) is 5.95. The van der Waals surface area contributed by atoms with Gasteiger partial charge in [0.15, 0.2) is 0 Å². The summed E-state index contributed by atoms with van der Waals surface area (Å²) >= 11 is 9.51. The Bertz CT molecular complexity index is 87.7. The first-order chi connectivity index (χ1) is 3.72. The normalized spacial score (nSPS) is 7.00. The third-order valence-corrected chi connectivity index (χ3v) is 1.54. The molecule has 10 heavy (non-hydrogen) atoms. The van der Waals surface area contributed by atoms with Gasteiger partial charge in [0.25, 0.3) is 0 Å². The van der Waals surface area contributed by atoms with E-state index in [1.165, 1.54) is 0 Å². The Morgan fingerprint density at radius 3 is 1.70 bits per heavy atom. The van der Waals surface area contributed by atoms with Crippen molar-refractivity contribution >= 4 is 29.2 Å². The molecule has 1 nitrogen and oxygen atoms in total. The molecular weight excluding hydrogens is 227 g/mol. The summed E-state index contributed by atoms with van der Waals surface area (Å²) in [4.78, 5) is 1.96. The van der Waals surface area contributed by atoms with Gasteiger partial charge in [-0.05, 0) is 13.8 Å². The molecule has 0 spiro atoms. The quantitative estimate of drug-likeness (QED) is 0.315. The molecule has 50 valence electrons. The first kappa shape index (κ1) is 17.7. The van der Waals surface area contributed by atoms with Crippen molar-refractivity contribution in [1.29, 1.82) is 0 Å². The second-order valence-electron chi connectivity index (χ2n) is 1.44. The number of thiocarbonyl (C=S) groups is 1. The van der Waals surface area contributed by atoms with Crippen LogP contribution in [0.4, 0.5) is 0 Å². The van der Waals surface area contributed by atoms with Gasteiger partial charge in [0.2, 0.25) is 0 Å². The molecule has 0 bridgehead atoms. The monoisotopic (exact) mass is 235 g/mol. The van der Waals surface area contributed by atoms with Gasteiger partial charge < -0.3 is 29.7 Å². The number of hydrogen-bond donors (Lipinski definition) is 0. The van der Waals surface area contributed by atoms with Gasteiger partial charge in [0, 0.05) is 32.6 Å².